The Bertz CT molecular complexity index is 412. The standard InChI is InChI=1S/C10H10INO3/c1-13-8-4-7(11)6(5-12)9(14-2)10(8)15-3/h4H,1-3H3. The number of hydrogen-bond acceptors (Lipinski definition) is 4. The van der Waals surface area contributed by atoms with Gasteiger partial charge in [0.1, 0.15) is 11.6 Å². The molecule has 0 spiro atoms. The van der Waals surface area contributed by atoms with Gasteiger partial charge in [0.05, 0.1) is 21.3 Å². The molecule has 0 bridgehead atoms. The van der Waals surface area contributed by atoms with Gasteiger partial charge in [-0.3, -0.25) is 0 Å². The summed E-state index contributed by atoms with van der Waals surface area (Å²) in [6.07, 6.45) is 0. The average molecular weight is 319 g/mol. The fourth-order valence-electron chi connectivity index (χ4n) is 1.23. The Hall–Kier alpha value is -1.16. The molecule has 15 heavy (non-hydrogen) atoms. The highest BCUT2D eigenvalue weighted by atomic mass is 127. The van der Waals surface area contributed by atoms with E-state index in [1.54, 1.807) is 13.2 Å². The normalized spacial score (nSPS) is 9.27. The third kappa shape index (κ3) is 2.09. The predicted octanol–water partition coefficient (Wildman–Crippen LogP) is 2.19. The van der Waals surface area contributed by atoms with Crippen LogP contribution in [0.25, 0.3) is 0 Å². The van der Waals surface area contributed by atoms with E-state index in [4.69, 9.17) is 19.5 Å². The number of nitrogens with zero attached hydrogens (tertiary/aromatic N) is 1. The van der Waals surface area contributed by atoms with Crippen molar-refractivity contribution in [3.05, 3.63) is 15.2 Å². The van der Waals surface area contributed by atoms with Gasteiger partial charge in [-0.15, -0.1) is 0 Å². The van der Waals surface area contributed by atoms with Crippen molar-refractivity contribution in [1.29, 1.82) is 5.26 Å². The number of halogens is 1. The van der Waals surface area contributed by atoms with E-state index < -0.39 is 0 Å². The largest absolute Gasteiger partial charge is 0.493 e. The van der Waals surface area contributed by atoms with Crippen LogP contribution in [0.1, 0.15) is 5.56 Å². The van der Waals surface area contributed by atoms with Crippen molar-refractivity contribution in [2.75, 3.05) is 21.3 Å². The van der Waals surface area contributed by atoms with E-state index in [9.17, 15) is 0 Å². The monoisotopic (exact) mass is 319 g/mol. The Kier molecular flexibility index (Phi) is 4.03. The van der Waals surface area contributed by atoms with Gasteiger partial charge in [0, 0.05) is 3.57 Å². The Balaban J connectivity index is 3.53. The Labute approximate surface area is 102 Å². The summed E-state index contributed by atoms with van der Waals surface area (Å²) in [6.45, 7) is 0. The minimum atomic E-state index is 0.406. The van der Waals surface area contributed by atoms with Gasteiger partial charge < -0.3 is 14.2 Å². The summed E-state index contributed by atoms with van der Waals surface area (Å²) in [4.78, 5) is 0. The van der Waals surface area contributed by atoms with E-state index in [2.05, 4.69) is 28.7 Å². The molecule has 0 amide bonds. The first kappa shape index (κ1) is 11.9. The lowest BCUT2D eigenvalue weighted by Crippen LogP contribution is -1.99. The molecule has 1 rings (SSSR count). The molecule has 1 aromatic rings. The third-order valence-electron chi connectivity index (χ3n) is 1.89. The molecular weight excluding hydrogens is 309 g/mol. The van der Waals surface area contributed by atoms with Crippen molar-refractivity contribution >= 4 is 22.6 Å². The molecule has 0 aromatic heterocycles. The number of rotatable bonds is 3. The molecule has 0 aliphatic carbocycles. The van der Waals surface area contributed by atoms with Gasteiger partial charge in [-0.2, -0.15) is 5.26 Å². The molecule has 0 fully saturated rings. The molecule has 0 saturated heterocycles. The maximum Gasteiger partial charge on any atom is 0.204 e. The van der Waals surface area contributed by atoms with E-state index in [-0.39, 0.29) is 0 Å². The van der Waals surface area contributed by atoms with E-state index in [1.807, 2.05) is 0 Å². The molecule has 0 atom stereocenters. The molecule has 0 aliphatic rings. The smallest absolute Gasteiger partial charge is 0.204 e. The second-order valence-corrected chi connectivity index (χ2v) is 3.78. The van der Waals surface area contributed by atoms with Crippen LogP contribution >= 0.6 is 22.6 Å². The molecule has 0 N–H and O–H groups in total. The zero-order valence-corrected chi connectivity index (χ0v) is 10.8. The van der Waals surface area contributed by atoms with Gasteiger partial charge in [0.25, 0.3) is 0 Å². The lowest BCUT2D eigenvalue weighted by Gasteiger charge is -2.13. The Morgan fingerprint density at radius 3 is 2.13 bits per heavy atom. The molecule has 0 saturated carbocycles. The lowest BCUT2D eigenvalue weighted by atomic mass is 10.2. The van der Waals surface area contributed by atoms with Gasteiger partial charge in [-0.1, -0.05) is 0 Å². The number of methoxy groups -OCH3 is 3. The average Bonchev–Trinajstić information content (AvgIpc) is 2.27. The first-order chi connectivity index (χ1) is 7.19. The summed E-state index contributed by atoms with van der Waals surface area (Å²) in [5.74, 6) is 1.40. The highest BCUT2D eigenvalue weighted by Crippen LogP contribution is 2.41. The zero-order chi connectivity index (χ0) is 11.4. The Morgan fingerprint density at radius 1 is 1.13 bits per heavy atom. The van der Waals surface area contributed by atoms with Gasteiger partial charge in [0.15, 0.2) is 11.5 Å². The van der Waals surface area contributed by atoms with Gasteiger partial charge in [-0.05, 0) is 28.7 Å². The van der Waals surface area contributed by atoms with Gasteiger partial charge in [-0.25, -0.2) is 0 Å². The summed E-state index contributed by atoms with van der Waals surface area (Å²) < 4.78 is 16.2. The minimum Gasteiger partial charge on any atom is -0.493 e. The van der Waals surface area contributed by atoms with Crippen molar-refractivity contribution < 1.29 is 14.2 Å². The van der Waals surface area contributed by atoms with Crippen molar-refractivity contribution in [3.63, 3.8) is 0 Å². The van der Waals surface area contributed by atoms with Crippen LogP contribution in [0, 0.1) is 14.9 Å². The maximum atomic E-state index is 8.98. The highest BCUT2D eigenvalue weighted by Gasteiger charge is 2.18. The van der Waals surface area contributed by atoms with E-state index in [0.717, 1.165) is 3.57 Å². The molecule has 0 unspecified atom stereocenters. The molecule has 0 radical (unpaired) electrons. The maximum absolute atomic E-state index is 8.98. The van der Waals surface area contributed by atoms with Gasteiger partial charge >= 0.3 is 0 Å². The molecule has 5 heteroatoms. The first-order valence-corrected chi connectivity index (χ1v) is 5.16. The quantitative estimate of drug-likeness (QED) is 0.802. The van der Waals surface area contributed by atoms with Crippen LogP contribution in [0.5, 0.6) is 17.2 Å². The molecule has 1 aromatic carbocycles. The van der Waals surface area contributed by atoms with Crippen LogP contribution in [-0.4, -0.2) is 21.3 Å². The van der Waals surface area contributed by atoms with Crippen LogP contribution in [-0.2, 0) is 0 Å². The summed E-state index contributed by atoms with van der Waals surface area (Å²) in [5, 5.41) is 8.98. The fourth-order valence-corrected chi connectivity index (χ4v) is 1.88. The van der Waals surface area contributed by atoms with Crippen LogP contribution in [0.15, 0.2) is 6.07 Å². The van der Waals surface area contributed by atoms with Crippen molar-refractivity contribution in [2.45, 2.75) is 0 Å². The van der Waals surface area contributed by atoms with Crippen molar-refractivity contribution in [2.24, 2.45) is 0 Å². The number of ether oxygens (including phenoxy) is 3. The van der Waals surface area contributed by atoms with Crippen LogP contribution in [0.3, 0.4) is 0 Å². The first-order valence-electron chi connectivity index (χ1n) is 4.08. The molecule has 4 nitrogen and oxygen atoms in total. The summed E-state index contributed by atoms with van der Waals surface area (Å²) >= 11 is 2.05. The second-order valence-electron chi connectivity index (χ2n) is 2.61. The van der Waals surface area contributed by atoms with Crippen molar-refractivity contribution in [3.8, 4) is 23.3 Å². The topological polar surface area (TPSA) is 51.5 Å². The SMILES string of the molecule is COc1cc(I)c(C#N)c(OC)c1OC. The van der Waals surface area contributed by atoms with Crippen LogP contribution in [0.4, 0.5) is 0 Å². The Morgan fingerprint density at radius 2 is 1.73 bits per heavy atom. The summed E-state index contributed by atoms with van der Waals surface area (Å²) in [7, 11) is 4.54. The molecular formula is C10H10INO3. The summed E-state index contributed by atoms with van der Waals surface area (Å²) in [6, 6.07) is 3.81. The molecule has 80 valence electrons. The third-order valence-corrected chi connectivity index (χ3v) is 2.74. The number of benzene rings is 1. The lowest BCUT2D eigenvalue weighted by molar-refractivity contribution is 0.323. The van der Waals surface area contributed by atoms with Crippen LogP contribution < -0.4 is 14.2 Å². The predicted molar refractivity (Wildman–Crippen MR) is 63.5 cm³/mol. The van der Waals surface area contributed by atoms with Crippen LogP contribution in [0.2, 0.25) is 0 Å². The number of hydrogen-bond donors (Lipinski definition) is 0. The second kappa shape index (κ2) is 5.07. The highest BCUT2D eigenvalue weighted by molar-refractivity contribution is 14.1. The molecule has 0 aliphatic heterocycles. The van der Waals surface area contributed by atoms with E-state index in [0.29, 0.717) is 22.8 Å². The fraction of sp³-hybridized carbons (Fsp3) is 0.300. The van der Waals surface area contributed by atoms with Crippen molar-refractivity contribution in [1.82, 2.24) is 0 Å². The summed E-state index contributed by atoms with van der Waals surface area (Å²) in [5.41, 5.74) is 0.454. The minimum absolute atomic E-state index is 0.406. The van der Waals surface area contributed by atoms with E-state index in [1.165, 1.54) is 14.2 Å². The van der Waals surface area contributed by atoms with Gasteiger partial charge in [0.2, 0.25) is 5.75 Å². The van der Waals surface area contributed by atoms with E-state index >= 15 is 0 Å². The number of nitriles is 1. The molecule has 0 heterocycles. The zero-order valence-electron chi connectivity index (χ0n) is 8.63.